The highest BCUT2D eigenvalue weighted by Gasteiger charge is 2.10. The molecule has 2 aromatic heterocycles. The fraction of sp³-hybridized carbons (Fsp3) is 0.100. The topological polar surface area (TPSA) is 48.2 Å². The SMILES string of the molecule is COc1cccnc1-c1ccc(-c2nc3cc(C)ccc3o2)cc1. The second kappa shape index (κ2) is 5.81. The van der Waals surface area contributed by atoms with Crippen LogP contribution in [0.25, 0.3) is 33.8 Å². The molecule has 0 N–H and O–H groups in total. The van der Waals surface area contributed by atoms with Crippen LogP contribution in [0.4, 0.5) is 0 Å². The second-order valence-electron chi connectivity index (χ2n) is 5.62. The van der Waals surface area contributed by atoms with E-state index < -0.39 is 0 Å². The highest BCUT2D eigenvalue weighted by atomic mass is 16.5. The molecule has 2 aromatic carbocycles. The normalized spacial score (nSPS) is 10.9. The van der Waals surface area contributed by atoms with Gasteiger partial charge in [-0.3, -0.25) is 4.98 Å². The van der Waals surface area contributed by atoms with Crippen molar-refractivity contribution >= 4 is 11.1 Å². The van der Waals surface area contributed by atoms with Crippen molar-refractivity contribution < 1.29 is 9.15 Å². The molecule has 0 saturated carbocycles. The molecule has 4 rings (SSSR count). The molecule has 4 aromatic rings. The lowest BCUT2D eigenvalue weighted by molar-refractivity contribution is 0.415. The van der Waals surface area contributed by atoms with Crippen LogP contribution in [-0.2, 0) is 0 Å². The number of rotatable bonds is 3. The van der Waals surface area contributed by atoms with Crippen LogP contribution in [0, 0.1) is 6.92 Å². The van der Waals surface area contributed by atoms with E-state index in [2.05, 4.69) is 9.97 Å². The smallest absolute Gasteiger partial charge is 0.227 e. The van der Waals surface area contributed by atoms with Crippen molar-refractivity contribution in [3.8, 4) is 28.5 Å². The number of aryl methyl sites for hydroxylation is 1. The van der Waals surface area contributed by atoms with Gasteiger partial charge in [-0.1, -0.05) is 18.2 Å². The Bertz CT molecular complexity index is 1000. The molecule has 0 aliphatic carbocycles. The van der Waals surface area contributed by atoms with Gasteiger partial charge in [0, 0.05) is 17.3 Å². The van der Waals surface area contributed by atoms with Crippen molar-refractivity contribution in [2.75, 3.05) is 7.11 Å². The van der Waals surface area contributed by atoms with Crippen LogP contribution in [0.5, 0.6) is 5.75 Å². The first-order chi connectivity index (χ1) is 11.7. The molecule has 0 spiro atoms. The van der Waals surface area contributed by atoms with E-state index in [1.807, 2.05) is 61.5 Å². The summed E-state index contributed by atoms with van der Waals surface area (Å²) in [6.45, 7) is 2.04. The van der Waals surface area contributed by atoms with Gasteiger partial charge in [-0.25, -0.2) is 4.98 Å². The fourth-order valence-corrected chi connectivity index (χ4v) is 2.70. The quantitative estimate of drug-likeness (QED) is 0.541. The Balaban J connectivity index is 1.72. The Labute approximate surface area is 139 Å². The predicted octanol–water partition coefficient (Wildman–Crippen LogP) is 4.87. The molecule has 0 aliphatic rings. The number of methoxy groups -OCH3 is 1. The monoisotopic (exact) mass is 316 g/mol. The lowest BCUT2D eigenvalue weighted by Crippen LogP contribution is -1.90. The molecule has 0 bridgehead atoms. The van der Waals surface area contributed by atoms with Gasteiger partial charge in [0.25, 0.3) is 0 Å². The summed E-state index contributed by atoms with van der Waals surface area (Å²) in [5, 5.41) is 0. The molecule has 24 heavy (non-hydrogen) atoms. The highest BCUT2D eigenvalue weighted by Crippen LogP contribution is 2.30. The van der Waals surface area contributed by atoms with Crippen LogP contribution < -0.4 is 4.74 Å². The van der Waals surface area contributed by atoms with E-state index in [0.29, 0.717) is 5.89 Å². The number of ether oxygens (including phenoxy) is 1. The summed E-state index contributed by atoms with van der Waals surface area (Å²) in [6.07, 6.45) is 1.76. The lowest BCUT2D eigenvalue weighted by Gasteiger charge is -2.07. The maximum absolute atomic E-state index is 5.85. The molecule has 4 heteroatoms. The second-order valence-corrected chi connectivity index (χ2v) is 5.62. The molecule has 0 fully saturated rings. The zero-order valence-corrected chi connectivity index (χ0v) is 13.5. The number of hydrogen-bond donors (Lipinski definition) is 0. The Morgan fingerprint density at radius 2 is 1.75 bits per heavy atom. The minimum atomic E-state index is 0.620. The largest absolute Gasteiger partial charge is 0.494 e. The lowest BCUT2D eigenvalue weighted by atomic mass is 10.1. The number of fused-ring (bicyclic) bond motifs is 1. The molecule has 0 amide bonds. The van der Waals surface area contributed by atoms with Crippen molar-refractivity contribution in [3.63, 3.8) is 0 Å². The number of pyridine rings is 1. The van der Waals surface area contributed by atoms with Crippen LogP contribution in [0.1, 0.15) is 5.56 Å². The van der Waals surface area contributed by atoms with Gasteiger partial charge in [-0.05, 0) is 48.9 Å². The third-order valence-corrected chi connectivity index (χ3v) is 3.94. The average molecular weight is 316 g/mol. The number of hydrogen-bond acceptors (Lipinski definition) is 4. The molecular formula is C20H16N2O2. The highest BCUT2D eigenvalue weighted by molar-refractivity contribution is 5.77. The summed E-state index contributed by atoms with van der Waals surface area (Å²) in [7, 11) is 1.65. The van der Waals surface area contributed by atoms with E-state index in [-0.39, 0.29) is 0 Å². The Hall–Kier alpha value is -3.14. The van der Waals surface area contributed by atoms with Crippen LogP contribution in [0.3, 0.4) is 0 Å². The van der Waals surface area contributed by atoms with Gasteiger partial charge in [0.05, 0.1) is 7.11 Å². The summed E-state index contributed by atoms with van der Waals surface area (Å²) in [4.78, 5) is 8.98. The average Bonchev–Trinajstić information content (AvgIpc) is 3.05. The molecule has 4 nitrogen and oxygen atoms in total. The first kappa shape index (κ1) is 14.5. The third-order valence-electron chi connectivity index (χ3n) is 3.94. The van der Waals surface area contributed by atoms with E-state index in [1.54, 1.807) is 13.3 Å². The first-order valence-electron chi connectivity index (χ1n) is 7.71. The van der Waals surface area contributed by atoms with E-state index in [0.717, 1.165) is 33.7 Å². The number of benzene rings is 2. The minimum Gasteiger partial charge on any atom is -0.494 e. The van der Waals surface area contributed by atoms with Crippen LogP contribution in [0.2, 0.25) is 0 Å². The summed E-state index contributed by atoms with van der Waals surface area (Å²) < 4.78 is 11.2. The van der Waals surface area contributed by atoms with E-state index >= 15 is 0 Å². The number of aromatic nitrogens is 2. The maximum atomic E-state index is 5.85. The summed E-state index contributed by atoms with van der Waals surface area (Å²) in [6, 6.07) is 17.7. The van der Waals surface area contributed by atoms with Crippen LogP contribution >= 0.6 is 0 Å². The van der Waals surface area contributed by atoms with Crippen molar-refractivity contribution in [3.05, 3.63) is 66.4 Å². The predicted molar refractivity (Wildman–Crippen MR) is 94.0 cm³/mol. The summed E-state index contributed by atoms with van der Waals surface area (Å²) in [5.41, 5.74) is 5.58. The molecule has 0 unspecified atom stereocenters. The van der Waals surface area contributed by atoms with Gasteiger partial charge < -0.3 is 9.15 Å². The Morgan fingerprint density at radius 3 is 2.54 bits per heavy atom. The maximum Gasteiger partial charge on any atom is 0.227 e. The van der Waals surface area contributed by atoms with Crippen molar-refractivity contribution in [1.29, 1.82) is 0 Å². The number of nitrogens with zero attached hydrogens (tertiary/aromatic N) is 2. The van der Waals surface area contributed by atoms with E-state index in [9.17, 15) is 0 Å². The zero-order chi connectivity index (χ0) is 16.5. The Kier molecular flexibility index (Phi) is 3.50. The summed E-state index contributed by atoms with van der Waals surface area (Å²) in [5.74, 6) is 1.37. The molecule has 0 atom stereocenters. The van der Waals surface area contributed by atoms with Crippen molar-refractivity contribution in [2.24, 2.45) is 0 Å². The first-order valence-corrected chi connectivity index (χ1v) is 7.71. The van der Waals surface area contributed by atoms with Gasteiger partial charge in [-0.2, -0.15) is 0 Å². The molecule has 2 heterocycles. The molecule has 0 saturated heterocycles. The molecule has 0 aliphatic heterocycles. The minimum absolute atomic E-state index is 0.620. The van der Waals surface area contributed by atoms with Gasteiger partial charge in [0.2, 0.25) is 5.89 Å². The Morgan fingerprint density at radius 1 is 0.958 bits per heavy atom. The molecule has 118 valence electrons. The zero-order valence-electron chi connectivity index (χ0n) is 13.5. The van der Waals surface area contributed by atoms with Gasteiger partial charge in [0.1, 0.15) is 17.0 Å². The van der Waals surface area contributed by atoms with Crippen molar-refractivity contribution in [1.82, 2.24) is 9.97 Å². The van der Waals surface area contributed by atoms with Crippen LogP contribution in [0.15, 0.2) is 65.2 Å². The van der Waals surface area contributed by atoms with Gasteiger partial charge in [0.15, 0.2) is 5.58 Å². The van der Waals surface area contributed by atoms with Gasteiger partial charge >= 0.3 is 0 Å². The fourth-order valence-electron chi connectivity index (χ4n) is 2.70. The van der Waals surface area contributed by atoms with Gasteiger partial charge in [-0.15, -0.1) is 0 Å². The molecular weight excluding hydrogens is 300 g/mol. The number of oxazole rings is 1. The van der Waals surface area contributed by atoms with Crippen LogP contribution in [-0.4, -0.2) is 17.1 Å². The van der Waals surface area contributed by atoms with Crippen molar-refractivity contribution in [2.45, 2.75) is 6.92 Å². The van der Waals surface area contributed by atoms with E-state index in [1.165, 1.54) is 5.56 Å². The third kappa shape index (κ3) is 2.52. The van der Waals surface area contributed by atoms with E-state index in [4.69, 9.17) is 9.15 Å². The standard InChI is InChI=1S/C20H16N2O2/c1-13-5-10-17-16(12-13)22-20(24-17)15-8-6-14(7-9-15)19-18(23-2)4-3-11-21-19/h3-12H,1-2H3. The molecule has 0 radical (unpaired) electrons. The summed E-state index contributed by atoms with van der Waals surface area (Å²) >= 11 is 0.